The summed E-state index contributed by atoms with van der Waals surface area (Å²) in [5.74, 6) is -0.422. The Morgan fingerprint density at radius 2 is 2.31 bits per heavy atom. The number of esters is 1. The van der Waals surface area contributed by atoms with Gasteiger partial charge in [-0.3, -0.25) is 0 Å². The second-order valence-electron chi connectivity index (χ2n) is 2.25. The Morgan fingerprint density at radius 3 is 2.85 bits per heavy atom. The molecule has 0 aliphatic heterocycles. The van der Waals surface area contributed by atoms with Crippen LogP contribution < -0.4 is 0 Å². The van der Waals surface area contributed by atoms with E-state index in [2.05, 4.69) is 41.6 Å². The minimum atomic E-state index is -0.422. The molecule has 1 aromatic rings. The quantitative estimate of drug-likeness (QED) is 0.622. The van der Waals surface area contributed by atoms with Crippen LogP contribution in [0.1, 0.15) is 16.2 Å². The maximum absolute atomic E-state index is 11.1. The summed E-state index contributed by atoms with van der Waals surface area (Å²) in [4.78, 5) is 15.2. The van der Waals surface area contributed by atoms with E-state index < -0.39 is 5.97 Å². The Morgan fingerprint density at radius 1 is 1.62 bits per heavy atom. The predicted octanol–water partition coefficient (Wildman–Crippen LogP) is 2.53. The van der Waals surface area contributed by atoms with E-state index >= 15 is 0 Å². The Hall–Kier alpha value is -0.420. The van der Waals surface area contributed by atoms with Gasteiger partial charge < -0.3 is 4.74 Å². The first kappa shape index (κ1) is 10.7. The lowest BCUT2D eigenvalue weighted by atomic mass is 10.3. The number of alkyl halides is 1. The summed E-state index contributed by atoms with van der Waals surface area (Å²) in [6.07, 6.45) is 0. The molecule has 5 heteroatoms. The van der Waals surface area contributed by atoms with Crippen molar-refractivity contribution in [2.45, 2.75) is 5.33 Å². The van der Waals surface area contributed by atoms with Crippen molar-refractivity contribution >= 4 is 37.8 Å². The van der Waals surface area contributed by atoms with E-state index in [-0.39, 0.29) is 0 Å². The third-order valence-electron chi connectivity index (χ3n) is 1.44. The van der Waals surface area contributed by atoms with Gasteiger partial charge in [0.15, 0.2) is 0 Å². The highest BCUT2D eigenvalue weighted by atomic mass is 79.9. The standard InChI is InChI=1S/C8H7Br2NO2/c1-13-8(12)6-3-2-5(10)7(4-9)11-6/h2-3H,4H2,1H3. The van der Waals surface area contributed by atoms with Crippen LogP contribution >= 0.6 is 31.9 Å². The van der Waals surface area contributed by atoms with Crippen molar-refractivity contribution in [2.24, 2.45) is 0 Å². The number of hydrogen-bond donors (Lipinski definition) is 0. The van der Waals surface area contributed by atoms with Gasteiger partial charge in [-0.2, -0.15) is 0 Å². The topological polar surface area (TPSA) is 39.2 Å². The van der Waals surface area contributed by atoms with Gasteiger partial charge in [0.2, 0.25) is 0 Å². The van der Waals surface area contributed by atoms with Crippen LogP contribution in [0, 0.1) is 0 Å². The summed E-state index contributed by atoms with van der Waals surface area (Å²) in [5, 5.41) is 0.596. The van der Waals surface area contributed by atoms with Crippen molar-refractivity contribution in [1.29, 1.82) is 0 Å². The molecule has 0 unspecified atom stereocenters. The fraction of sp³-hybridized carbons (Fsp3) is 0.250. The molecule has 13 heavy (non-hydrogen) atoms. The van der Waals surface area contributed by atoms with Gasteiger partial charge in [-0.1, -0.05) is 15.9 Å². The lowest BCUT2D eigenvalue weighted by Crippen LogP contribution is -2.05. The third kappa shape index (κ3) is 2.51. The molecule has 0 radical (unpaired) electrons. The Labute approximate surface area is 92.8 Å². The van der Waals surface area contributed by atoms with Crippen LogP contribution in [-0.2, 0) is 10.1 Å². The first-order valence-electron chi connectivity index (χ1n) is 3.48. The van der Waals surface area contributed by atoms with Gasteiger partial charge >= 0.3 is 5.97 Å². The molecule has 0 saturated carbocycles. The summed E-state index contributed by atoms with van der Waals surface area (Å²) >= 11 is 6.59. The molecule has 0 amide bonds. The smallest absolute Gasteiger partial charge is 0.356 e. The molecule has 70 valence electrons. The van der Waals surface area contributed by atoms with Crippen molar-refractivity contribution in [3.05, 3.63) is 28.0 Å². The number of carbonyl (C=O) groups excluding carboxylic acids is 1. The molecule has 0 N–H and O–H groups in total. The van der Waals surface area contributed by atoms with Crippen molar-refractivity contribution in [2.75, 3.05) is 7.11 Å². The average Bonchev–Trinajstić information content (AvgIpc) is 2.17. The molecule has 0 spiro atoms. The molecular weight excluding hydrogens is 302 g/mol. The predicted molar refractivity (Wildman–Crippen MR) is 55.9 cm³/mol. The van der Waals surface area contributed by atoms with Gasteiger partial charge in [0, 0.05) is 9.80 Å². The van der Waals surface area contributed by atoms with Gasteiger partial charge in [-0.15, -0.1) is 0 Å². The molecule has 0 aromatic carbocycles. The lowest BCUT2D eigenvalue weighted by Gasteiger charge is -2.02. The second-order valence-corrected chi connectivity index (χ2v) is 3.67. The maximum atomic E-state index is 11.1. The van der Waals surface area contributed by atoms with Crippen LogP contribution in [-0.4, -0.2) is 18.1 Å². The molecule has 1 heterocycles. The van der Waals surface area contributed by atoms with Gasteiger partial charge in [-0.05, 0) is 28.1 Å². The van der Waals surface area contributed by atoms with Crippen molar-refractivity contribution in [3.63, 3.8) is 0 Å². The second kappa shape index (κ2) is 4.72. The van der Waals surface area contributed by atoms with E-state index in [4.69, 9.17) is 0 Å². The molecule has 1 aromatic heterocycles. The fourth-order valence-electron chi connectivity index (χ4n) is 0.796. The SMILES string of the molecule is COC(=O)c1ccc(Br)c(CBr)n1. The zero-order valence-corrected chi connectivity index (χ0v) is 10.1. The highest BCUT2D eigenvalue weighted by Crippen LogP contribution is 2.17. The normalized spacial score (nSPS) is 9.77. The number of nitrogens with zero attached hydrogens (tertiary/aromatic N) is 1. The summed E-state index contributed by atoms with van der Waals surface area (Å²) < 4.78 is 5.42. The van der Waals surface area contributed by atoms with E-state index in [9.17, 15) is 4.79 Å². The van der Waals surface area contributed by atoms with Crippen molar-refractivity contribution in [3.8, 4) is 0 Å². The lowest BCUT2D eigenvalue weighted by molar-refractivity contribution is 0.0593. The van der Waals surface area contributed by atoms with Gasteiger partial charge in [0.1, 0.15) is 5.69 Å². The fourth-order valence-corrected chi connectivity index (χ4v) is 1.96. The number of aromatic nitrogens is 1. The first-order valence-corrected chi connectivity index (χ1v) is 5.40. The Balaban J connectivity index is 3.06. The van der Waals surface area contributed by atoms with E-state index in [0.29, 0.717) is 11.0 Å². The van der Waals surface area contributed by atoms with E-state index in [1.165, 1.54) is 7.11 Å². The van der Waals surface area contributed by atoms with Gasteiger partial charge in [0.25, 0.3) is 0 Å². The Kier molecular flexibility index (Phi) is 3.87. The van der Waals surface area contributed by atoms with Gasteiger partial charge in [0.05, 0.1) is 12.8 Å². The van der Waals surface area contributed by atoms with E-state index in [0.717, 1.165) is 10.2 Å². The van der Waals surface area contributed by atoms with Crippen LogP contribution in [0.3, 0.4) is 0 Å². The first-order chi connectivity index (χ1) is 6.19. The van der Waals surface area contributed by atoms with Crippen LogP contribution in [0.15, 0.2) is 16.6 Å². The summed E-state index contributed by atoms with van der Waals surface area (Å²) in [6.45, 7) is 0. The molecule has 0 aliphatic rings. The summed E-state index contributed by atoms with van der Waals surface area (Å²) in [5.41, 5.74) is 1.10. The summed E-state index contributed by atoms with van der Waals surface area (Å²) in [6, 6.07) is 3.39. The van der Waals surface area contributed by atoms with E-state index in [1.54, 1.807) is 12.1 Å². The van der Waals surface area contributed by atoms with Crippen LogP contribution in [0.2, 0.25) is 0 Å². The minimum absolute atomic E-state index is 0.320. The zero-order valence-electron chi connectivity index (χ0n) is 6.88. The van der Waals surface area contributed by atoms with Crippen LogP contribution in [0.5, 0.6) is 0 Å². The number of hydrogen-bond acceptors (Lipinski definition) is 3. The average molecular weight is 309 g/mol. The van der Waals surface area contributed by atoms with Crippen molar-refractivity contribution < 1.29 is 9.53 Å². The molecule has 1 rings (SSSR count). The monoisotopic (exact) mass is 307 g/mol. The molecular formula is C8H7Br2NO2. The number of methoxy groups -OCH3 is 1. The van der Waals surface area contributed by atoms with Crippen LogP contribution in [0.4, 0.5) is 0 Å². The highest BCUT2D eigenvalue weighted by molar-refractivity contribution is 9.10. The molecule has 0 fully saturated rings. The largest absolute Gasteiger partial charge is 0.464 e. The third-order valence-corrected chi connectivity index (χ3v) is 2.69. The van der Waals surface area contributed by atoms with E-state index in [1.807, 2.05) is 0 Å². The zero-order chi connectivity index (χ0) is 9.84. The number of carbonyl (C=O) groups is 1. The molecule has 3 nitrogen and oxygen atoms in total. The molecule has 0 bridgehead atoms. The summed E-state index contributed by atoms with van der Waals surface area (Å²) in [7, 11) is 1.33. The number of halogens is 2. The molecule has 0 atom stereocenters. The van der Waals surface area contributed by atoms with Crippen molar-refractivity contribution in [1.82, 2.24) is 4.98 Å². The molecule has 0 aliphatic carbocycles. The maximum Gasteiger partial charge on any atom is 0.356 e. The van der Waals surface area contributed by atoms with Crippen LogP contribution in [0.25, 0.3) is 0 Å². The van der Waals surface area contributed by atoms with Gasteiger partial charge in [-0.25, -0.2) is 9.78 Å². The molecule has 0 saturated heterocycles. The minimum Gasteiger partial charge on any atom is -0.464 e. The highest BCUT2D eigenvalue weighted by Gasteiger charge is 2.09. The number of pyridine rings is 1. The number of ether oxygens (including phenoxy) is 1. The number of rotatable bonds is 2. The Bertz CT molecular complexity index is 328.